The highest BCUT2D eigenvalue weighted by Crippen LogP contribution is 2.21. The van der Waals surface area contributed by atoms with Crippen molar-refractivity contribution in [3.63, 3.8) is 0 Å². The number of nitrogens with zero attached hydrogens (tertiary/aromatic N) is 2. The highest BCUT2D eigenvalue weighted by molar-refractivity contribution is 6.35. The monoisotopic (exact) mass is 420 g/mol. The summed E-state index contributed by atoms with van der Waals surface area (Å²) in [6, 6.07) is 12.6. The molecule has 28 heavy (non-hydrogen) atoms. The van der Waals surface area contributed by atoms with Gasteiger partial charge in [0.05, 0.1) is 7.11 Å². The maximum atomic E-state index is 12.6. The lowest BCUT2D eigenvalue weighted by Crippen LogP contribution is -2.50. The van der Waals surface area contributed by atoms with Crippen LogP contribution in [0.5, 0.6) is 5.75 Å². The number of methoxy groups -OCH3 is 1. The topological polar surface area (TPSA) is 49.9 Å². The van der Waals surface area contributed by atoms with E-state index in [-0.39, 0.29) is 11.8 Å². The molecule has 0 spiro atoms. The number of hydrogen-bond acceptors (Lipinski definition) is 3. The molecule has 0 saturated carbocycles. The second kappa shape index (κ2) is 9.30. The minimum atomic E-state index is -0.116. The van der Waals surface area contributed by atoms with Gasteiger partial charge < -0.3 is 14.5 Å². The third-order valence-corrected chi connectivity index (χ3v) is 5.25. The molecular formula is C21H22Cl2N2O3. The van der Waals surface area contributed by atoms with Crippen molar-refractivity contribution in [2.45, 2.75) is 12.8 Å². The van der Waals surface area contributed by atoms with E-state index < -0.39 is 0 Å². The number of halogens is 2. The molecule has 3 rings (SSSR count). The Morgan fingerprint density at radius 2 is 1.50 bits per heavy atom. The number of aryl methyl sites for hydroxylation is 1. The van der Waals surface area contributed by atoms with E-state index in [1.165, 1.54) is 0 Å². The Kier molecular flexibility index (Phi) is 6.81. The molecule has 0 bridgehead atoms. The molecule has 148 valence electrons. The SMILES string of the molecule is COc1ccc(CCC(=O)N2CCN(C(=O)c3cc(Cl)cc(Cl)c3)CC2)cc1. The third kappa shape index (κ3) is 5.18. The van der Waals surface area contributed by atoms with Crippen LogP contribution in [0.4, 0.5) is 0 Å². The number of amides is 2. The van der Waals surface area contributed by atoms with E-state index in [9.17, 15) is 9.59 Å². The minimum absolute atomic E-state index is 0.105. The lowest BCUT2D eigenvalue weighted by molar-refractivity contribution is -0.132. The van der Waals surface area contributed by atoms with Crippen LogP contribution in [-0.4, -0.2) is 54.9 Å². The van der Waals surface area contributed by atoms with Gasteiger partial charge in [-0.1, -0.05) is 35.3 Å². The molecule has 2 aromatic carbocycles. The second-order valence-corrected chi connectivity index (χ2v) is 7.55. The third-order valence-electron chi connectivity index (χ3n) is 4.82. The van der Waals surface area contributed by atoms with Gasteiger partial charge in [0, 0.05) is 48.2 Å². The largest absolute Gasteiger partial charge is 0.497 e. The van der Waals surface area contributed by atoms with Crippen molar-refractivity contribution < 1.29 is 14.3 Å². The number of carbonyl (C=O) groups is 2. The molecule has 1 fully saturated rings. The first-order valence-corrected chi connectivity index (χ1v) is 9.88. The zero-order chi connectivity index (χ0) is 20.1. The molecule has 1 aliphatic heterocycles. The molecule has 0 unspecified atom stereocenters. The number of rotatable bonds is 5. The van der Waals surface area contributed by atoms with E-state index in [4.69, 9.17) is 27.9 Å². The van der Waals surface area contributed by atoms with Gasteiger partial charge >= 0.3 is 0 Å². The maximum absolute atomic E-state index is 12.6. The van der Waals surface area contributed by atoms with Crippen LogP contribution in [0.3, 0.4) is 0 Å². The van der Waals surface area contributed by atoms with Gasteiger partial charge in [-0.05, 0) is 42.3 Å². The molecular weight excluding hydrogens is 399 g/mol. The lowest BCUT2D eigenvalue weighted by atomic mass is 10.1. The fourth-order valence-electron chi connectivity index (χ4n) is 3.22. The Hall–Kier alpha value is -2.24. The van der Waals surface area contributed by atoms with Gasteiger partial charge in [0.25, 0.3) is 5.91 Å². The summed E-state index contributed by atoms with van der Waals surface area (Å²) in [6.45, 7) is 2.05. The summed E-state index contributed by atoms with van der Waals surface area (Å²) in [4.78, 5) is 28.7. The van der Waals surface area contributed by atoms with Crippen molar-refractivity contribution in [1.29, 1.82) is 0 Å². The van der Waals surface area contributed by atoms with Crippen LogP contribution in [0.2, 0.25) is 10.0 Å². The molecule has 2 aromatic rings. The number of carbonyl (C=O) groups excluding carboxylic acids is 2. The quantitative estimate of drug-likeness (QED) is 0.736. The predicted octanol–water partition coefficient (Wildman–Crippen LogP) is 3.92. The van der Waals surface area contributed by atoms with Crippen molar-refractivity contribution in [1.82, 2.24) is 9.80 Å². The summed E-state index contributed by atoms with van der Waals surface area (Å²) in [5.41, 5.74) is 1.57. The van der Waals surface area contributed by atoms with Crippen molar-refractivity contribution in [2.24, 2.45) is 0 Å². The maximum Gasteiger partial charge on any atom is 0.254 e. The van der Waals surface area contributed by atoms with E-state index in [0.29, 0.717) is 54.6 Å². The minimum Gasteiger partial charge on any atom is -0.497 e. The number of hydrogen-bond donors (Lipinski definition) is 0. The normalized spacial score (nSPS) is 14.1. The molecule has 0 aromatic heterocycles. The summed E-state index contributed by atoms with van der Waals surface area (Å²) < 4.78 is 5.14. The van der Waals surface area contributed by atoms with Crippen LogP contribution in [0.1, 0.15) is 22.3 Å². The zero-order valence-electron chi connectivity index (χ0n) is 15.7. The molecule has 0 N–H and O–H groups in total. The van der Waals surface area contributed by atoms with Gasteiger partial charge in [-0.3, -0.25) is 9.59 Å². The fraction of sp³-hybridized carbons (Fsp3) is 0.333. The van der Waals surface area contributed by atoms with Crippen LogP contribution in [0.15, 0.2) is 42.5 Å². The standard InChI is InChI=1S/C21H22Cl2N2O3/c1-28-19-5-2-15(3-6-19)4-7-20(26)24-8-10-25(11-9-24)21(27)16-12-17(22)14-18(23)13-16/h2-3,5-6,12-14H,4,7-11H2,1H3. The van der Waals surface area contributed by atoms with Gasteiger partial charge in [0.2, 0.25) is 5.91 Å². The molecule has 0 aliphatic carbocycles. The van der Waals surface area contributed by atoms with Crippen molar-refractivity contribution in [3.05, 3.63) is 63.6 Å². The fourth-order valence-corrected chi connectivity index (χ4v) is 3.75. The van der Waals surface area contributed by atoms with E-state index >= 15 is 0 Å². The highest BCUT2D eigenvalue weighted by Gasteiger charge is 2.25. The molecule has 0 atom stereocenters. The molecule has 7 heteroatoms. The molecule has 5 nitrogen and oxygen atoms in total. The Balaban J connectivity index is 1.49. The van der Waals surface area contributed by atoms with Gasteiger partial charge in [-0.2, -0.15) is 0 Å². The van der Waals surface area contributed by atoms with Crippen molar-refractivity contribution >= 4 is 35.0 Å². The Morgan fingerprint density at radius 3 is 2.07 bits per heavy atom. The molecule has 2 amide bonds. The summed E-state index contributed by atoms with van der Waals surface area (Å²) >= 11 is 12.0. The van der Waals surface area contributed by atoms with Crippen LogP contribution >= 0.6 is 23.2 Å². The van der Waals surface area contributed by atoms with Crippen molar-refractivity contribution in [3.8, 4) is 5.75 Å². The van der Waals surface area contributed by atoms with Gasteiger partial charge in [0.15, 0.2) is 0 Å². The second-order valence-electron chi connectivity index (χ2n) is 6.68. The molecule has 1 heterocycles. The molecule has 1 saturated heterocycles. The van der Waals surface area contributed by atoms with Crippen molar-refractivity contribution in [2.75, 3.05) is 33.3 Å². The first-order valence-electron chi connectivity index (χ1n) is 9.12. The summed E-state index contributed by atoms with van der Waals surface area (Å²) in [7, 11) is 1.63. The number of piperazine rings is 1. The van der Waals surface area contributed by atoms with Gasteiger partial charge in [-0.25, -0.2) is 0 Å². The van der Waals surface area contributed by atoms with Crippen LogP contribution < -0.4 is 4.74 Å². The first kappa shape index (κ1) is 20.5. The van der Waals surface area contributed by atoms with E-state index in [2.05, 4.69) is 0 Å². The predicted molar refractivity (Wildman–Crippen MR) is 110 cm³/mol. The van der Waals surface area contributed by atoms with E-state index in [1.54, 1.807) is 30.2 Å². The van der Waals surface area contributed by atoms with Crippen LogP contribution in [0, 0.1) is 0 Å². The Morgan fingerprint density at radius 1 is 0.929 bits per heavy atom. The highest BCUT2D eigenvalue weighted by atomic mass is 35.5. The Labute approximate surface area is 174 Å². The Bertz CT molecular complexity index is 827. The summed E-state index contributed by atoms with van der Waals surface area (Å²) in [6.07, 6.45) is 1.13. The number of ether oxygens (including phenoxy) is 1. The summed E-state index contributed by atoms with van der Waals surface area (Å²) in [5.74, 6) is 0.792. The van der Waals surface area contributed by atoms with E-state index in [0.717, 1.165) is 11.3 Å². The average molecular weight is 421 g/mol. The van der Waals surface area contributed by atoms with Gasteiger partial charge in [-0.15, -0.1) is 0 Å². The van der Waals surface area contributed by atoms with Gasteiger partial charge in [0.1, 0.15) is 5.75 Å². The average Bonchev–Trinajstić information content (AvgIpc) is 2.71. The molecule has 1 aliphatic rings. The van der Waals surface area contributed by atoms with Crippen LogP contribution in [-0.2, 0) is 11.2 Å². The summed E-state index contributed by atoms with van der Waals surface area (Å²) in [5, 5.41) is 0.867. The lowest BCUT2D eigenvalue weighted by Gasteiger charge is -2.35. The number of benzene rings is 2. The van der Waals surface area contributed by atoms with E-state index in [1.807, 2.05) is 29.2 Å². The first-order chi connectivity index (χ1) is 13.5. The zero-order valence-corrected chi connectivity index (χ0v) is 17.2. The smallest absolute Gasteiger partial charge is 0.254 e. The molecule has 0 radical (unpaired) electrons. The van der Waals surface area contributed by atoms with Crippen LogP contribution in [0.25, 0.3) is 0 Å².